The number of carboxylic acid groups (broad SMARTS) is 1. The van der Waals surface area contributed by atoms with Gasteiger partial charge in [-0.3, -0.25) is 4.79 Å². The third-order valence-electron chi connectivity index (χ3n) is 2.37. The third kappa shape index (κ3) is 2.78. The maximum Gasteiger partial charge on any atom is 0.329 e. The van der Waals surface area contributed by atoms with E-state index >= 15 is 0 Å². The summed E-state index contributed by atoms with van der Waals surface area (Å²) >= 11 is 0. The summed E-state index contributed by atoms with van der Waals surface area (Å²) in [5.74, 6) is -1.46. The van der Waals surface area contributed by atoms with Gasteiger partial charge in [0.05, 0.1) is 0 Å². The Morgan fingerprint density at radius 3 is 2.69 bits per heavy atom. The number of aromatic nitrogens is 3. The Balaban J connectivity index is 2.60. The summed E-state index contributed by atoms with van der Waals surface area (Å²) in [6, 6.07) is 0. The third-order valence-corrected chi connectivity index (χ3v) is 2.37. The standard InChI is InChI=1S/C9H14N4O3/c1-3-9(2,8(15)16)12-7(14)4-13-6-10-5-11-13/h5-6H,3-4H2,1-2H3,(H,12,14)(H,15,16). The van der Waals surface area contributed by atoms with E-state index < -0.39 is 17.4 Å². The zero-order valence-corrected chi connectivity index (χ0v) is 9.17. The molecule has 0 bridgehead atoms. The molecule has 1 atom stereocenters. The van der Waals surface area contributed by atoms with Crippen molar-refractivity contribution in [2.75, 3.05) is 0 Å². The van der Waals surface area contributed by atoms with E-state index in [1.807, 2.05) is 0 Å². The van der Waals surface area contributed by atoms with Crippen molar-refractivity contribution >= 4 is 11.9 Å². The fraction of sp³-hybridized carbons (Fsp3) is 0.556. The van der Waals surface area contributed by atoms with Crippen LogP contribution in [0.3, 0.4) is 0 Å². The van der Waals surface area contributed by atoms with Crippen molar-refractivity contribution in [2.24, 2.45) is 0 Å². The van der Waals surface area contributed by atoms with Gasteiger partial charge in [0.15, 0.2) is 0 Å². The molecule has 0 saturated carbocycles. The van der Waals surface area contributed by atoms with E-state index in [4.69, 9.17) is 5.11 Å². The molecule has 1 aromatic heterocycles. The van der Waals surface area contributed by atoms with Crippen LogP contribution in [0, 0.1) is 0 Å². The first kappa shape index (κ1) is 12.2. The Kier molecular flexibility index (Phi) is 3.60. The summed E-state index contributed by atoms with van der Waals surface area (Å²) in [5.41, 5.74) is -1.24. The Morgan fingerprint density at radius 1 is 1.56 bits per heavy atom. The van der Waals surface area contributed by atoms with Crippen molar-refractivity contribution in [1.29, 1.82) is 0 Å². The van der Waals surface area contributed by atoms with E-state index in [0.717, 1.165) is 0 Å². The van der Waals surface area contributed by atoms with E-state index in [1.165, 1.54) is 24.3 Å². The highest BCUT2D eigenvalue weighted by Crippen LogP contribution is 2.08. The van der Waals surface area contributed by atoms with E-state index in [0.29, 0.717) is 6.42 Å². The summed E-state index contributed by atoms with van der Waals surface area (Å²) in [6.07, 6.45) is 3.01. The number of rotatable bonds is 5. The fourth-order valence-electron chi connectivity index (χ4n) is 1.10. The lowest BCUT2D eigenvalue weighted by Crippen LogP contribution is -2.52. The molecule has 1 heterocycles. The second-order valence-electron chi connectivity index (χ2n) is 3.63. The SMILES string of the molecule is CCC(C)(NC(=O)Cn1cncn1)C(=O)O. The van der Waals surface area contributed by atoms with Crippen molar-refractivity contribution in [3.05, 3.63) is 12.7 Å². The summed E-state index contributed by atoms with van der Waals surface area (Å²) < 4.78 is 1.33. The lowest BCUT2D eigenvalue weighted by molar-refractivity contribution is -0.147. The Hall–Kier alpha value is -1.92. The van der Waals surface area contributed by atoms with Crippen LogP contribution in [0.4, 0.5) is 0 Å². The molecule has 2 N–H and O–H groups in total. The molecule has 0 aromatic carbocycles. The van der Waals surface area contributed by atoms with Gasteiger partial charge in [0, 0.05) is 0 Å². The van der Waals surface area contributed by atoms with Crippen LogP contribution in [0.15, 0.2) is 12.7 Å². The number of amides is 1. The fourth-order valence-corrected chi connectivity index (χ4v) is 1.10. The number of hydrogen-bond acceptors (Lipinski definition) is 4. The Labute approximate surface area is 92.5 Å². The van der Waals surface area contributed by atoms with Gasteiger partial charge in [0.1, 0.15) is 24.7 Å². The van der Waals surface area contributed by atoms with Crippen molar-refractivity contribution in [3.63, 3.8) is 0 Å². The largest absolute Gasteiger partial charge is 0.480 e. The zero-order chi connectivity index (χ0) is 12.2. The quantitative estimate of drug-likeness (QED) is 0.715. The van der Waals surface area contributed by atoms with Crippen molar-refractivity contribution < 1.29 is 14.7 Å². The molecule has 0 fully saturated rings. The van der Waals surface area contributed by atoms with Gasteiger partial charge >= 0.3 is 5.97 Å². The minimum Gasteiger partial charge on any atom is -0.480 e. The number of aliphatic carboxylic acids is 1. The maximum absolute atomic E-state index is 11.5. The van der Waals surface area contributed by atoms with Gasteiger partial charge in [-0.15, -0.1) is 0 Å². The predicted octanol–water partition coefficient (Wildman–Crippen LogP) is -0.352. The topological polar surface area (TPSA) is 97.1 Å². The van der Waals surface area contributed by atoms with Gasteiger partial charge in [0.25, 0.3) is 0 Å². The van der Waals surface area contributed by atoms with Crippen LogP contribution in [-0.4, -0.2) is 37.3 Å². The van der Waals surface area contributed by atoms with Gasteiger partial charge in [-0.1, -0.05) is 6.92 Å². The van der Waals surface area contributed by atoms with Crippen molar-refractivity contribution in [2.45, 2.75) is 32.4 Å². The van der Waals surface area contributed by atoms with Crippen molar-refractivity contribution in [1.82, 2.24) is 20.1 Å². The highest BCUT2D eigenvalue weighted by molar-refractivity contribution is 5.86. The molecule has 0 aliphatic heterocycles. The average molecular weight is 226 g/mol. The van der Waals surface area contributed by atoms with Gasteiger partial charge in [-0.25, -0.2) is 14.5 Å². The molecule has 1 aromatic rings. The molecule has 1 unspecified atom stereocenters. The van der Waals surface area contributed by atoms with Gasteiger partial charge < -0.3 is 10.4 Å². The first-order valence-corrected chi connectivity index (χ1v) is 4.85. The molecule has 0 aliphatic rings. The molecule has 0 aliphatic carbocycles. The number of carbonyl (C=O) groups excluding carboxylic acids is 1. The minimum atomic E-state index is -1.24. The Bertz CT molecular complexity index is 376. The number of hydrogen-bond donors (Lipinski definition) is 2. The number of carbonyl (C=O) groups is 2. The summed E-state index contributed by atoms with van der Waals surface area (Å²) in [7, 11) is 0. The molecule has 88 valence electrons. The van der Waals surface area contributed by atoms with Crippen LogP contribution in [0.1, 0.15) is 20.3 Å². The van der Waals surface area contributed by atoms with E-state index in [2.05, 4.69) is 15.4 Å². The minimum absolute atomic E-state index is 0.0388. The van der Waals surface area contributed by atoms with E-state index in [-0.39, 0.29) is 6.54 Å². The number of nitrogens with one attached hydrogen (secondary N) is 1. The monoisotopic (exact) mass is 226 g/mol. The lowest BCUT2D eigenvalue weighted by atomic mass is 9.99. The molecule has 16 heavy (non-hydrogen) atoms. The first-order chi connectivity index (χ1) is 7.48. The van der Waals surface area contributed by atoms with Crippen LogP contribution in [0.2, 0.25) is 0 Å². The lowest BCUT2D eigenvalue weighted by Gasteiger charge is -2.24. The van der Waals surface area contributed by atoms with Crippen molar-refractivity contribution in [3.8, 4) is 0 Å². The van der Waals surface area contributed by atoms with Gasteiger partial charge in [0.2, 0.25) is 5.91 Å². The highest BCUT2D eigenvalue weighted by atomic mass is 16.4. The summed E-state index contributed by atoms with van der Waals surface area (Å²) in [6.45, 7) is 3.13. The zero-order valence-electron chi connectivity index (χ0n) is 9.17. The van der Waals surface area contributed by atoms with Crippen LogP contribution in [-0.2, 0) is 16.1 Å². The van der Waals surface area contributed by atoms with Crippen LogP contribution >= 0.6 is 0 Å². The van der Waals surface area contributed by atoms with E-state index in [1.54, 1.807) is 6.92 Å². The molecule has 1 rings (SSSR count). The number of carboxylic acids is 1. The second kappa shape index (κ2) is 4.73. The molecular weight excluding hydrogens is 212 g/mol. The normalized spacial score (nSPS) is 14.1. The summed E-state index contributed by atoms with van der Waals surface area (Å²) in [4.78, 5) is 26.1. The van der Waals surface area contributed by atoms with Crippen LogP contribution in [0.5, 0.6) is 0 Å². The van der Waals surface area contributed by atoms with Crippen LogP contribution < -0.4 is 5.32 Å². The van der Waals surface area contributed by atoms with Gasteiger partial charge in [-0.05, 0) is 13.3 Å². The predicted molar refractivity (Wildman–Crippen MR) is 54.5 cm³/mol. The number of nitrogens with zero attached hydrogens (tertiary/aromatic N) is 3. The molecule has 1 amide bonds. The second-order valence-corrected chi connectivity index (χ2v) is 3.63. The molecular formula is C9H14N4O3. The Morgan fingerprint density at radius 2 is 2.25 bits per heavy atom. The summed E-state index contributed by atoms with van der Waals surface area (Å²) in [5, 5.41) is 15.2. The molecule has 7 heteroatoms. The first-order valence-electron chi connectivity index (χ1n) is 4.85. The van der Waals surface area contributed by atoms with Crippen LogP contribution in [0.25, 0.3) is 0 Å². The molecule has 0 radical (unpaired) electrons. The molecule has 7 nitrogen and oxygen atoms in total. The van der Waals surface area contributed by atoms with Gasteiger partial charge in [-0.2, -0.15) is 5.10 Å². The molecule has 0 saturated heterocycles. The highest BCUT2D eigenvalue weighted by Gasteiger charge is 2.32. The smallest absolute Gasteiger partial charge is 0.329 e. The maximum atomic E-state index is 11.5. The average Bonchev–Trinajstić information content (AvgIpc) is 2.69. The molecule has 0 spiro atoms. The van der Waals surface area contributed by atoms with E-state index in [9.17, 15) is 9.59 Å².